The average molecular weight is 209 g/mol. The summed E-state index contributed by atoms with van der Waals surface area (Å²) in [7, 11) is 0. The largest absolute Gasteiger partial charge is 0.462 e. The van der Waals surface area contributed by atoms with E-state index in [1.165, 1.54) is 0 Å². The molecule has 0 amide bonds. The fourth-order valence-corrected chi connectivity index (χ4v) is 0.969. The van der Waals surface area contributed by atoms with E-state index in [1.54, 1.807) is 19.2 Å². The molecule has 0 fully saturated rings. The first-order valence-electron chi connectivity index (χ1n) is 5.25. The van der Waals surface area contributed by atoms with Crippen LogP contribution in [0.2, 0.25) is 0 Å². The molecule has 0 aliphatic carbocycles. The van der Waals surface area contributed by atoms with Crippen LogP contribution in [0.3, 0.4) is 0 Å². The molecule has 0 spiro atoms. The van der Waals surface area contributed by atoms with E-state index in [4.69, 9.17) is 4.74 Å². The maximum atomic E-state index is 11.2. The zero-order valence-corrected chi connectivity index (χ0v) is 10.1. The van der Waals surface area contributed by atoms with Crippen LogP contribution in [0.25, 0.3) is 0 Å². The summed E-state index contributed by atoms with van der Waals surface area (Å²) in [6.45, 7) is 10.0. The number of ether oxygens (including phenoxy) is 1. The van der Waals surface area contributed by atoms with Crippen molar-refractivity contribution in [2.24, 2.45) is 0 Å². The Morgan fingerprint density at radius 3 is 2.47 bits per heavy atom. The molecule has 0 saturated carbocycles. The number of aryl methyl sites for hydroxylation is 2. The van der Waals surface area contributed by atoms with Crippen molar-refractivity contribution in [3.63, 3.8) is 0 Å². The highest BCUT2D eigenvalue weighted by Gasteiger charge is 2.07. The van der Waals surface area contributed by atoms with Gasteiger partial charge >= 0.3 is 5.97 Å². The van der Waals surface area contributed by atoms with Crippen LogP contribution in [0.1, 0.15) is 42.4 Å². The van der Waals surface area contributed by atoms with Crippen molar-refractivity contribution in [1.82, 2.24) is 4.98 Å². The molecular formula is C12H19NO2. The predicted octanol–water partition coefficient (Wildman–Crippen LogP) is 2.90. The summed E-state index contributed by atoms with van der Waals surface area (Å²) in [5, 5.41) is 0. The fourth-order valence-electron chi connectivity index (χ4n) is 0.969. The molecule has 0 saturated heterocycles. The number of nitrogens with zero attached hydrogens (tertiary/aromatic N) is 1. The fraction of sp³-hybridized carbons (Fsp3) is 0.500. The molecule has 0 unspecified atom stereocenters. The zero-order chi connectivity index (χ0) is 11.8. The van der Waals surface area contributed by atoms with Crippen LogP contribution in [-0.2, 0) is 4.74 Å². The Hall–Kier alpha value is -1.38. The lowest BCUT2D eigenvalue weighted by molar-refractivity contribution is 0.0526. The Labute approximate surface area is 91.5 Å². The number of hydrogen-bond donors (Lipinski definition) is 0. The molecule has 0 aliphatic heterocycles. The highest BCUT2D eigenvalue weighted by atomic mass is 16.5. The van der Waals surface area contributed by atoms with Gasteiger partial charge in [0.25, 0.3) is 0 Å². The van der Waals surface area contributed by atoms with Gasteiger partial charge in [-0.3, -0.25) is 4.98 Å². The highest BCUT2D eigenvalue weighted by molar-refractivity contribution is 5.89. The normalized spacial score (nSPS) is 8.87. The summed E-state index contributed by atoms with van der Waals surface area (Å²) in [6.07, 6.45) is 1.54. The van der Waals surface area contributed by atoms with E-state index in [-0.39, 0.29) is 5.97 Å². The van der Waals surface area contributed by atoms with Crippen LogP contribution in [0.5, 0.6) is 0 Å². The van der Waals surface area contributed by atoms with Crippen LogP contribution in [0.4, 0.5) is 0 Å². The lowest BCUT2D eigenvalue weighted by atomic mass is 10.2. The van der Waals surface area contributed by atoms with Gasteiger partial charge in [-0.2, -0.15) is 0 Å². The van der Waals surface area contributed by atoms with E-state index < -0.39 is 0 Å². The monoisotopic (exact) mass is 209 g/mol. The maximum absolute atomic E-state index is 11.2. The standard InChI is InChI=1S/C10H13NO2.C2H6/c1-4-13-10(12)9-5-7(2)8(3)11-6-9;1-2/h5-6H,4H2,1-3H3;1-2H3. The van der Waals surface area contributed by atoms with Gasteiger partial charge in [0.2, 0.25) is 0 Å². The van der Waals surface area contributed by atoms with Gasteiger partial charge in [0.15, 0.2) is 0 Å². The molecule has 1 heterocycles. The molecule has 0 N–H and O–H groups in total. The minimum absolute atomic E-state index is 0.307. The number of carbonyl (C=O) groups is 1. The molecule has 0 radical (unpaired) electrons. The van der Waals surface area contributed by atoms with Crippen LogP contribution in [0, 0.1) is 13.8 Å². The second-order valence-corrected chi connectivity index (χ2v) is 2.85. The molecule has 1 aromatic heterocycles. The second-order valence-electron chi connectivity index (χ2n) is 2.85. The Balaban J connectivity index is 0.000000921. The summed E-state index contributed by atoms with van der Waals surface area (Å²) < 4.78 is 4.84. The third-order valence-corrected chi connectivity index (χ3v) is 1.85. The number of hydrogen-bond acceptors (Lipinski definition) is 3. The Morgan fingerprint density at radius 2 is 2.00 bits per heavy atom. The van der Waals surface area contributed by atoms with Crippen LogP contribution in [-0.4, -0.2) is 17.6 Å². The number of carbonyl (C=O) groups excluding carboxylic acids is 1. The van der Waals surface area contributed by atoms with Crippen LogP contribution in [0.15, 0.2) is 12.3 Å². The molecular weight excluding hydrogens is 190 g/mol. The minimum Gasteiger partial charge on any atom is -0.462 e. The van der Waals surface area contributed by atoms with E-state index in [0.717, 1.165) is 11.3 Å². The van der Waals surface area contributed by atoms with E-state index in [2.05, 4.69) is 4.98 Å². The molecule has 15 heavy (non-hydrogen) atoms. The summed E-state index contributed by atoms with van der Waals surface area (Å²) >= 11 is 0. The van der Waals surface area contributed by atoms with Crippen molar-refractivity contribution in [3.8, 4) is 0 Å². The molecule has 1 aromatic rings. The van der Waals surface area contributed by atoms with Gasteiger partial charge in [0, 0.05) is 11.9 Å². The Bertz CT molecular complexity index is 321. The van der Waals surface area contributed by atoms with Crippen molar-refractivity contribution in [2.45, 2.75) is 34.6 Å². The maximum Gasteiger partial charge on any atom is 0.339 e. The van der Waals surface area contributed by atoms with Crippen LogP contribution >= 0.6 is 0 Å². The smallest absolute Gasteiger partial charge is 0.339 e. The van der Waals surface area contributed by atoms with Gasteiger partial charge in [0.1, 0.15) is 0 Å². The van der Waals surface area contributed by atoms with E-state index in [9.17, 15) is 4.79 Å². The quantitative estimate of drug-likeness (QED) is 0.703. The minimum atomic E-state index is -0.307. The van der Waals surface area contributed by atoms with E-state index in [1.807, 2.05) is 27.7 Å². The topological polar surface area (TPSA) is 39.2 Å². The molecule has 0 bridgehead atoms. The molecule has 1 rings (SSSR count). The Kier molecular flexibility index (Phi) is 6.34. The molecule has 3 heteroatoms. The lowest BCUT2D eigenvalue weighted by Crippen LogP contribution is -2.06. The first-order valence-corrected chi connectivity index (χ1v) is 5.25. The third-order valence-electron chi connectivity index (χ3n) is 1.85. The van der Waals surface area contributed by atoms with Gasteiger partial charge in [-0.05, 0) is 32.4 Å². The SMILES string of the molecule is CC.CCOC(=O)c1cnc(C)c(C)c1. The van der Waals surface area contributed by atoms with Crippen molar-refractivity contribution in [3.05, 3.63) is 29.1 Å². The Morgan fingerprint density at radius 1 is 1.40 bits per heavy atom. The summed E-state index contributed by atoms with van der Waals surface area (Å²) in [4.78, 5) is 15.3. The van der Waals surface area contributed by atoms with Crippen molar-refractivity contribution in [2.75, 3.05) is 6.61 Å². The molecule has 84 valence electrons. The first-order chi connectivity index (χ1) is 7.15. The summed E-state index contributed by atoms with van der Waals surface area (Å²) in [5.74, 6) is -0.307. The summed E-state index contributed by atoms with van der Waals surface area (Å²) in [6, 6.07) is 1.79. The van der Waals surface area contributed by atoms with E-state index >= 15 is 0 Å². The molecule has 0 aliphatic rings. The average Bonchev–Trinajstić information content (AvgIpc) is 2.25. The lowest BCUT2D eigenvalue weighted by Gasteiger charge is -2.03. The van der Waals surface area contributed by atoms with Gasteiger partial charge < -0.3 is 4.74 Å². The molecule has 0 aromatic carbocycles. The number of esters is 1. The summed E-state index contributed by atoms with van der Waals surface area (Å²) in [5.41, 5.74) is 2.46. The first kappa shape index (κ1) is 13.6. The molecule has 0 atom stereocenters. The van der Waals surface area contributed by atoms with Crippen molar-refractivity contribution >= 4 is 5.97 Å². The predicted molar refractivity (Wildman–Crippen MR) is 61.0 cm³/mol. The van der Waals surface area contributed by atoms with E-state index in [0.29, 0.717) is 12.2 Å². The van der Waals surface area contributed by atoms with Gasteiger partial charge in [-0.1, -0.05) is 13.8 Å². The van der Waals surface area contributed by atoms with Gasteiger partial charge in [-0.15, -0.1) is 0 Å². The number of pyridine rings is 1. The second kappa shape index (κ2) is 6.98. The number of aromatic nitrogens is 1. The van der Waals surface area contributed by atoms with Gasteiger partial charge in [-0.25, -0.2) is 4.79 Å². The third kappa shape index (κ3) is 4.11. The van der Waals surface area contributed by atoms with Crippen molar-refractivity contribution in [1.29, 1.82) is 0 Å². The van der Waals surface area contributed by atoms with Crippen LogP contribution < -0.4 is 0 Å². The van der Waals surface area contributed by atoms with Crippen molar-refractivity contribution < 1.29 is 9.53 Å². The van der Waals surface area contributed by atoms with Gasteiger partial charge in [0.05, 0.1) is 12.2 Å². The number of rotatable bonds is 2. The highest BCUT2D eigenvalue weighted by Crippen LogP contribution is 2.07. The molecule has 3 nitrogen and oxygen atoms in total. The zero-order valence-electron chi connectivity index (χ0n) is 10.1.